The molecule has 2 amide bonds. The number of nitrogens with zero attached hydrogens (tertiary/aromatic N) is 3. The van der Waals surface area contributed by atoms with Gasteiger partial charge in [0.05, 0.1) is 42.6 Å². The van der Waals surface area contributed by atoms with Gasteiger partial charge in [0.1, 0.15) is 5.01 Å². The highest BCUT2D eigenvalue weighted by molar-refractivity contribution is 7.21. The Kier molecular flexibility index (Phi) is 5.93. The van der Waals surface area contributed by atoms with Crippen LogP contribution in [0.25, 0.3) is 20.8 Å². The normalized spacial score (nSPS) is 17.9. The molecule has 1 fully saturated rings. The number of hydrogen-bond acceptors (Lipinski definition) is 7. The third kappa shape index (κ3) is 4.16. The number of fused-ring (bicyclic) bond motifs is 2. The van der Waals surface area contributed by atoms with Crippen molar-refractivity contribution in [3.05, 3.63) is 71.3 Å². The zero-order chi connectivity index (χ0) is 25.7. The number of carbonyl (C=O) groups excluding carboxylic acids is 2. The zero-order valence-electron chi connectivity index (χ0n) is 21.0. The van der Waals surface area contributed by atoms with Gasteiger partial charge in [-0.15, -0.1) is 11.3 Å². The minimum atomic E-state index is -0.471. The van der Waals surface area contributed by atoms with E-state index in [1.54, 1.807) is 25.6 Å². The maximum atomic E-state index is 13.5. The number of hydrogen-bond donors (Lipinski definition) is 0. The van der Waals surface area contributed by atoms with Crippen LogP contribution in [0.5, 0.6) is 11.5 Å². The molecule has 1 atom stereocenters. The van der Waals surface area contributed by atoms with Crippen LogP contribution >= 0.6 is 11.3 Å². The van der Waals surface area contributed by atoms with Gasteiger partial charge in [-0.1, -0.05) is 6.07 Å². The SMILES string of the molecule is COc1cc2c(cc1OC)CN(C1CC(=O)N(c3ccc(-c4nc5ccc(C)cc5s4)cc3)C1=O)CC2. The minimum absolute atomic E-state index is 0.169. The second kappa shape index (κ2) is 9.28. The molecule has 1 saturated heterocycles. The monoisotopic (exact) mass is 513 g/mol. The first-order chi connectivity index (χ1) is 17.9. The van der Waals surface area contributed by atoms with E-state index in [9.17, 15) is 9.59 Å². The highest BCUT2D eigenvalue weighted by Gasteiger charge is 2.43. The quantitative estimate of drug-likeness (QED) is 0.351. The van der Waals surface area contributed by atoms with Crippen molar-refractivity contribution in [2.75, 3.05) is 25.7 Å². The summed E-state index contributed by atoms with van der Waals surface area (Å²) in [5, 5.41) is 0.920. The van der Waals surface area contributed by atoms with Gasteiger partial charge in [0.2, 0.25) is 5.91 Å². The number of carbonyl (C=O) groups is 2. The maximum absolute atomic E-state index is 13.5. The van der Waals surface area contributed by atoms with Crippen LogP contribution in [0, 0.1) is 6.92 Å². The summed E-state index contributed by atoms with van der Waals surface area (Å²) in [6.07, 6.45) is 0.963. The van der Waals surface area contributed by atoms with E-state index in [0.29, 0.717) is 30.3 Å². The lowest BCUT2D eigenvalue weighted by atomic mass is 9.97. The third-order valence-electron chi connectivity index (χ3n) is 7.23. The summed E-state index contributed by atoms with van der Waals surface area (Å²) in [6.45, 7) is 3.36. The molecular weight excluding hydrogens is 486 g/mol. The largest absolute Gasteiger partial charge is 0.493 e. The molecule has 37 heavy (non-hydrogen) atoms. The van der Waals surface area contributed by atoms with E-state index in [-0.39, 0.29) is 18.2 Å². The number of benzene rings is 3. The molecule has 3 heterocycles. The Morgan fingerprint density at radius 2 is 1.68 bits per heavy atom. The number of aromatic nitrogens is 1. The lowest BCUT2D eigenvalue weighted by Gasteiger charge is -2.32. The molecule has 1 aromatic heterocycles. The van der Waals surface area contributed by atoms with Gasteiger partial charge in [-0.25, -0.2) is 9.88 Å². The van der Waals surface area contributed by atoms with E-state index < -0.39 is 6.04 Å². The Morgan fingerprint density at radius 3 is 2.41 bits per heavy atom. The molecule has 0 aliphatic carbocycles. The fourth-order valence-electron chi connectivity index (χ4n) is 5.25. The molecule has 6 rings (SSSR count). The summed E-state index contributed by atoms with van der Waals surface area (Å²) >= 11 is 1.64. The standard InChI is InChI=1S/C29H27N3O4S/c1-17-4-9-22-26(12-17)37-28(30-22)18-5-7-21(8-6-18)32-27(33)15-23(29(32)34)31-11-10-19-13-24(35-2)25(36-3)14-20(19)16-31/h4-9,12-14,23H,10-11,15-16H2,1-3H3. The minimum Gasteiger partial charge on any atom is -0.493 e. The van der Waals surface area contributed by atoms with E-state index in [4.69, 9.17) is 14.5 Å². The Balaban J connectivity index is 1.21. The van der Waals surface area contributed by atoms with Gasteiger partial charge in [0.15, 0.2) is 11.5 Å². The summed E-state index contributed by atoms with van der Waals surface area (Å²) in [5.41, 5.74) is 6.02. The molecule has 7 nitrogen and oxygen atoms in total. The average molecular weight is 514 g/mol. The first kappa shape index (κ1) is 23.6. The first-order valence-electron chi connectivity index (χ1n) is 12.3. The van der Waals surface area contributed by atoms with Crippen molar-refractivity contribution in [1.82, 2.24) is 9.88 Å². The molecule has 3 aromatic carbocycles. The van der Waals surface area contributed by atoms with Gasteiger partial charge >= 0.3 is 0 Å². The number of rotatable bonds is 5. The maximum Gasteiger partial charge on any atom is 0.251 e. The van der Waals surface area contributed by atoms with Crippen molar-refractivity contribution in [2.24, 2.45) is 0 Å². The highest BCUT2D eigenvalue weighted by atomic mass is 32.1. The molecule has 188 valence electrons. The summed E-state index contributed by atoms with van der Waals surface area (Å²) in [6, 6.07) is 17.3. The first-order valence-corrected chi connectivity index (χ1v) is 13.1. The Hall–Kier alpha value is -3.75. The Morgan fingerprint density at radius 1 is 0.946 bits per heavy atom. The number of thiazole rings is 1. The molecule has 0 spiro atoms. The van der Waals surface area contributed by atoms with Gasteiger partial charge in [-0.3, -0.25) is 14.5 Å². The topological polar surface area (TPSA) is 72.0 Å². The molecule has 0 radical (unpaired) electrons. The van der Waals surface area contributed by atoms with E-state index in [2.05, 4.69) is 24.0 Å². The fraction of sp³-hybridized carbons (Fsp3) is 0.276. The second-order valence-electron chi connectivity index (χ2n) is 9.52. The molecule has 0 N–H and O–H groups in total. The van der Waals surface area contributed by atoms with Crippen LogP contribution in [0.2, 0.25) is 0 Å². The highest BCUT2D eigenvalue weighted by Crippen LogP contribution is 2.36. The summed E-state index contributed by atoms with van der Waals surface area (Å²) in [4.78, 5) is 34.6. The lowest BCUT2D eigenvalue weighted by molar-refractivity contribution is -0.123. The van der Waals surface area contributed by atoms with E-state index >= 15 is 0 Å². The molecule has 2 aliphatic rings. The van der Waals surface area contributed by atoms with Crippen molar-refractivity contribution in [3.8, 4) is 22.1 Å². The summed E-state index contributed by atoms with van der Waals surface area (Å²) < 4.78 is 12.0. The van der Waals surface area contributed by atoms with Crippen LogP contribution in [0.1, 0.15) is 23.1 Å². The molecule has 0 bridgehead atoms. The van der Waals surface area contributed by atoms with Crippen LogP contribution < -0.4 is 14.4 Å². The Labute approximate surface area is 219 Å². The summed E-state index contributed by atoms with van der Waals surface area (Å²) in [7, 11) is 3.24. The smallest absolute Gasteiger partial charge is 0.251 e. The van der Waals surface area contributed by atoms with E-state index in [1.807, 2.05) is 42.5 Å². The van der Waals surface area contributed by atoms with Crippen molar-refractivity contribution >= 4 is 39.1 Å². The predicted octanol–water partition coefficient (Wildman–Crippen LogP) is 4.98. The van der Waals surface area contributed by atoms with Gasteiger partial charge in [0, 0.05) is 18.7 Å². The average Bonchev–Trinajstić information content (AvgIpc) is 3.47. The van der Waals surface area contributed by atoms with Crippen molar-refractivity contribution in [3.63, 3.8) is 0 Å². The predicted molar refractivity (Wildman–Crippen MR) is 144 cm³/mol. The number of ether oxygens (including phenoxy) is 2. The number of methoxy groups -OCH3 is 2. The number of amides is 2. The third-order valence-corrected chi connectivity index (χ3v) is 8.29. The summed E-state index contributed by atoms with van der Waals surface area (Å²) in [5.74, 6) is 1.03. The molecule has 2 aliphatic heterocycles. The number of aryl methyl sites for hydroxylation is 1. The van der Waals surface area contributed by atoms with Crippen LogP contribution in [0.15, 0.2) is 54.6 Å². The van der Waals surface area contributed by atoms with Gasteiger partial charge in [-0.2, -0.15) is 0 Å². The van der Waals surface area contributed by atoms with Crippen LogP contribution in [-0.4, -0.2) is 48.5 Å². The van der Waals surface area contributed by atoms with E-state index in [0.717, 1.165) is 32.8 Å². The van der Waals surface area contributed by atoms with Crippen LogP contribution in [-0.2, 0) is 22.6 Å². The lowest BCUT2D eigenvalue weighted by Crippen LogP contribution is -2.44. The molecular formula is C29H27N3O4S. The molecule has 8 heteroatoms. The second-order valence-corrected chi connectivity index (χ2v) is 10.6. The molecule has 4 aromatic rings. The fourth-order valence-corrected chi connectivity index (χ4v) is 6.32. The zero-order valence-corrected chi connectivity index (χ0v) is 21.8. The number of imide groups is 1. The Bertz CT molecular complexity index is 1530. The van der Waals surface area contributed by atoms with Crippen LogP contribution in [0.3, 0.4) is 0 Å². The number of anilines is 1. The van der Waals surface area contributed by atoms with Crippen molar-refractivity contribution < 1.29 is 19.1 Å². The molecule has 1 unspecified atom stereocenters. The van der Waals surface area contributed by atoms with Gasteiger partial charge in [0.25, 0.3) is 5.91 Å². The van der Waals surface area contributed by atoms with Crippen molar-refractivity contribution in [1.29, 1.82) is 0 Å². The van der Waals surface area contributed by atoms with Crippen LogP contribution in [0.4, 0.5) is 5.69 Å². The van der Waals surface area contributed by atoms with Crippen molar-refractivity contribution in [2.45, 2.75) is 32.4 Å². The van der Waals surface area contributed by atoms with E-state index in [1.165, 1.54) is 16.0 Å². The van der Waals surface area contributed by atoms with Gasteiger partial charge < -0.3 is 9.47 Å². The van der Waals surface area contributed by atoms with Gasteiger partial charge in [-0.05, 0) is 78.6 Å². The molecule has 0 saturated carbocycles.